The van der Waals surface area contributed by atoms with Crippen molar-refractivity contribution in [3.8, 4) is 10.6 Å². The minimum Gasteiger partial charge on any atom is -0.394 e. The van der Waals surface area contributed by atoms with Crippen molar-refractivity contribution >= 4 is 23.1 Å². The Morgan fingerprint density at radius 2 is 2.23 bits per heavy atom. The standard InChI is InChI=1S/C16H23N3O2S/c1-11(2)12(3)9-16(21)17-15-10-13(14-5-4-8-22-14)18-19(15)6-7-20/h4-5,8,10-12,20H,6-7,9H2,1-3H3,(H,17,21). The summed E-state index contributed by atoms with van der Waals surface area (Å²) >= 11 is 1.60. The number of amides is 1. The highest BCUT2D eigenvalue weighted by Crippen LogP contribution is 2.26. The Morgan fingerprint density at radius 1 is 1.45 bits per heavy atom. The van der Waals surface area contributed by atoms with E-state index in [1.54, 1.807) is 16.0 Å². The van der Waals surface area contributed by atoms with E-state index in [1.165, 1.54) is 0 Å². The van der Waals surface area contributed by atoms with Crippen molar-refractivity contribution < 1.29 is 9.90 Å². The minimum absolute atomic E-state index is 0.0157. The first-order chi connectivity index (χ1) is 10.5. The van der Waals surface area contributed by atoms with Crippen molar-refractivity contribution in [3.63, 3.8) is 0 Å². The Bertz CT molecular complexity index is 605. The van der Waals surface area contributed by atoms with Crippen LogP contribution in [0.4, 0.5) is 5.82 Å². The molecule has 0 aromatic carbocycles. The third-order valence-corrected chi connectivity index (χ3v) is 4.67. The second-order valence-corrected chi connectivity index (χ2v) is 6.76. The van der Waals surface area contributed by atoms with Crippen molar-refractivity contribution in [2.45, 2.75) is 33.7 Å². The number of hydrogen-bond acceptors (Lipinski definition) is 4. The number of carbonyl (C=O) groups excluding carboxylic acids is 1. The van der Waals surface area contributed by atoms with Gasteiger partial charge < -0.3 is 10.4 Å². The van der Waals surface area contributed by atoms with E-state index < -0.39 is 0 Å². The predicted molar refractivity (Wildman–Crippen MR) is 89.9 cm³/mol. The van der Waals surface area contributed by atoms with Crippen LogP contribution in [-0.4, -0.2) is 27.4 Å². The zero-order valence-corrected chi connectivity index (χ0v) is 14.1. The van der Waals surface area contributed by atoms with Crippen LogP contribution >= 0.6 is 11.3 Å². The van der Waals surface area contributed by atoms with E-state index >= 15 is 0 Å². The number of anilines is 1. The van der Waals surface area contributed by atoms with Crippen LogP contribution in [0.25, 0.3) is 10.6 Å². The first-order valence-corrected chi connectivity index (χ1v) is 8.41. The lowest BCUT2D eigenvalue weighted by Crippen LogP contribution is -2.20. The SMILES string of the molecule is CC(C)C(C)CC(=O)Nc1cc(-c2cccs2)nn1CCO. The number of aliphatic hydroxyl groups is 1. The Balaban J connectivity index is 2.13. The molecule has 0 spiro atoms. The molecule has 0 fully saturated rings. The van der Waals surface area contributed by atoms with Crippen molar-refractivity contribution in [3.05, 3.63) is 23.6 Å². The average molecular weight is 321 g/mol. The van der Waals surface area contributed by atoms with Gasteiger partial charge in [0.25, 0.3) is 0 Å². The third kappa shape index (κ3) is 4.18. The first-order valence-electron chi connectivity index (χ1n) is 7.53. The zero-order valence-electron chi connectivity index (χ0n) is 13.2. The lowest BCUT2D eigenvalue weighted by atomic mass is 9.94. The maximum atomic E-state index is 12.2. The normalized spacial score (nSPS) is 12.6. The topological polar surface area (TPSA) is 67.2 Å². The fourth-order valence-electron chi connectivity index (χ4n) is 2.05. The Kier molecular flexibility index (Phi) is 5.74. The molecule has 1 amide bonds. The fourth-order valence-corrected chi connectivity index (χ4v) is 2.73. The number of thiophene rings is 1. The van der Waals surface area contributed by atoms with E-state index in [9.17, 15) is 4.79 Å². The summed E-state index contributed by atoms with van der Waals surface area (Å²) in [6.07, 6.45) is 0.482. The second-order valence-electron chi connectivity index (χ2n) is 5.81. The summed E-state index contributed by atoms with van der Waals surface area (Å²) < 4.78 is 1.65. The van der Waals surface area contributed by atoms with E-state index in [-0.39, 0.29) is 12.5 Å². The van der Waals surface area contributed by atoms with Gasteiger partial charge in [0.1, 0.15) is 11.5 Å². The lowest BCUT2D eigenvalue weighted by molar-refractivity contribution is -0.117. The van der Waals surface area contributed by atoms with E-state index in [0.717, 1.165) is 10.6 Å². The van der Waals surface area contributed by atoms with E-state index in [0.29, 0.717) is 30.6 Å². The van der Waals surface area contributed by atoms with E-state index in [4.69, 9.17) is 5.11 Å². The molecule has 0 aliphatic carbocycles. The van der Waals surface area contributed by atoms with Gasteiger partial charge in [-0.25, -0.2) is 4.68 Å². The molecule has 120 valence electrons. The highest BCUT2D eigenvalue weighted by Gasteiger charge is 2.16. The van der Waals surface area contributed by atoms with Crippen LogP contribution < -0.4 is 5.32 Å². The molecule has 5 nitrogen and oxygen atoms in total. The summed E-state index contributed by atoms with van der Waals surface area (Å²) in [6.45, 7) is 6.65. The van der Waals surface area contributed by atoms with Crippen LogP contribution in [0.15, 0.2) is 23.6 Å². The van der Waals surface area contributed by atoms with Crippen LogP contribution in [0.1, 0.15) is 27.2 Å². The van der Waals surface area contributed by atoms with Gasteiger partial charge in [-0.2, -0.15) is 5.10 Å². The van der Waals surface area contributed by atoms with Crippen molar-refractivity contribution in [1.82, 2.24) is 9.78 Å². The number of rotatable bonds is 7. The summed E-state index contributed by atoms with van der Waals surface area (Å²) in [6, 6.07) is 5.82. The molecular weight excluding hydrogens is 298 g/mol. The summed E-state index contributed by atoms with van der Waals surface area (Å²) in [5.74, 6) is 1.41. The molecule has 0 aliphatic heterocycles. The van der Waals surface area contributed by atoms with Crippen LogP contribution in [-0.2, 0) is 11.3 Å². The predicted octanol–water partition coefficient (Wildman–Crippen LogP) is 3.22. The molecule has 0 saturated carbocycles. The summed E-state index contributed by atoms with van der Waals surface area (Å²) in [5, 5.41) is 18.5. The molecule has 2 N–H and O–H groups in total. The Hall–Kier alpha value is -1.66. The van der Waals surface area contributed by atoms with E-state index in [2.05, 4.69) is 31.2 Å². The largest absolute Gasteiger partial charge is 0.394 e. The van der Waals surface area contributed by atoms with Gasteiger partial charge in [-0.3, -0.25) is 4.79 Å². The molecule has 1 atom stereocenters. The molecule has 22 heavy (non-hydrogen) atoms. The van der Waals surface area contributed by atoms with Gasteiger partial charge in [0.2, 0.25) is 5.91 Å². The van der Waals surface area contributed by atoms with Crippen LogP contribution in [0, 0.1) is 11.8 Å². The molecule has 0 radical (unpaired) electrons. The summed E-state index contributed by atoms with van der Waals surface area (Å²) in [5.41, 5.74) is 0.815. The van der Waals surface area contributed by atoms with Crippen LogP contribution in [0.2, 0.25) is 0 Å². The smallest absolute Gasteiger partial charge is 0.225 e. The maximum Gasteiger partial charge on any atom is 0.225 e. The minimum atomic E-state index is -0.0170. The first kappa shape index (κ1) is 16.7. The monoisotopic (exact) mass is 321 g/mol. The van der Waals surface area contributed by atoms with E-state index in [1.807, 2.05) is 23.6 Å². The molecule has 6 heteroatoms. The molecule has 0 saturated heterocycles. The molecule has 0 bridgehead atoms. The van der Waals surface area contributed by atoms with Gasteiger partial charge in [-0.1, -0.05) is 26.8 Å². The zero-order chi connectivity index (χ0) is 16.1. The number of nitrogens with zero attached hydrogens (tertiary/aromatic N) is 2. The number of hydrogen-bond donors (Lipinski definition) is 2. The molecule has 1 unspecified atom stereocenters. The average Bonchev–Trinajstić information content (AvgIpc) is 3.09. The van der Waals surface area contributed by atoms with Crippen molar-refractivity contribution in [2.75, 3.05) is 11.9 Å². The Morgan fingerprint density at radius 3 is 2.82 bits per heavy atom. The Labute approximate surface area is 135 Å². The van der Waals surface area contributed by atoms with Crippen LogP contribution in [0.5, 0.6) is 0 Å². The summed E-state index contributed by atoms with van der Waals surface area (Å²) in [7, 11) is 0. The lowest BCUT2D eigenvalue weighted by Gasteiger charge is -2.15. The van der Waals surface area contributed by atoms with Gasteiger partial charge >= 0.3 is 0 Å². The highest BCUT2D eigenvalue weighted by molar-refractivity contribution is 7.13. The van der Waals surface area contributed by atoms with Gasteiger partial charge in [0.15, 0.2) is 0 Å². The third-order valence-electron chi connectivity index (χ3n) is 3.78. The summed E-state index contributed by atoms with van der Waals surface area (Å²) in [4.78, 5) is 13.2. The number of nitrogens with one attached hydrogen (secondary N) is 1. The highest BCUT2D eigenvalue weighted by atomic mass is 32.1. The number of aromatic nitrogens is 2. The second kappa shape index (κ2) is 7.56. The number of aliphatic hydroxyl groups excluding tert-OH is 1. The quantitative estimate of drug-likeness (QED) is 0.823. The molecule has 2 aromatic rings. The number of carbonyl (C=O) groups is 1. The van der Waals surface area contributed by atoms with Gasteiger partial charge in [0.05, 0.1) is 18.0 Å². The molecule has 2 rings (SSSR count). The van der Waals surface area contributed by atoms with Crippen molar-refractivity contribution in [2.24, 2.45) is 11.8 Å². The molecule has 2 heterocycles. The maximum absolute atomic E-state index is 12.2. The van der Waals surface area contributed by atoms with Gasteiger partial charge in [0, 0.05) is 12.5 Å². The molecule has 0 aliphatic rings. The van der Waals surface area contributed by atoms with Crippen molar-refractivity contribution in [1.29, 1.82) is 0 Å². The molecular formula is C16H23N3O2S. The molecule has 2 aromatic heterocycles. The fraction of sp³-hybridized carbons (Fsp3) is 0.500. The van der Waals surface area contributed by atoms with Gasteiger partial charge in [-0.15, -0.1) is 11.3 Å². The van der Waals surface area contributed by atoms with Gasteiger partial charge in [-0.05, 0) is 23.3 Å². The van der Waals surface area contributed by atoms with Crippen LogP contribution in [0.3, 0.4) is 0 Å².